The molecule has 6 heteroatoms. The average molecular weight is 207 g/mol. The predicted octanol–water partition coefficient (Wildman–Crippen LogP) is 0.725. The normalized spacial score (nSPS) is 10.3. The van der Waals surface area contributed by atoms with Gasteiger partial charge in [-0.15, -0.1) is 10.2 Å². The molecular formula is C8H9N5S. The SMILES string of the molecule is Nc1ccccc1Sc1nncn1N. The van der Waals surface area contributed by atoms with Crippen LogP contribution >= 0.6 is 11.8 Å². The smallest absolute Gasteiger partial charge is 0.214 e. The van der Waals surface area contributed by atoms with E-state index >= 15 is 0 Å². The summed E-state index contributed by atoms with van der Waals surface area (Å²) in [5.41, 5.74) is 6.48. The molecule has 1 aromatic heterocycles. The lowest BCUT2D eigenvalue weighted by Gasteiger charge is -2.02. The molecule has 2 rings (SSSR count). The number of rotatable bonds is 2. The van der Waals surface area contributed by atoms with Crippen molar-refractivity contribution in [3.63, 3.8) is 0 Å². The second kappa shape index (κ2) is 3.59. The van der Waals surface area contributed by atoms with Crippen LogP contribution in [0.15, 0.2) is 40.6 Å². The summed E-state index contributed by atoms with van der Waals surface area (Å²) in [6, 6.07) is 7.54. The quantitative estimate of drug-likeness (QED) is 0.560. The fourth-order valence-electron chi connectivity index (χ4n) is 0.977. The molecule has 0 aliphatic heterocycles. The highest BCUT2D eigenvalue weighted by atomic mass is 32.2. The molecule has 0 amide bonds. The van der Waals surface area contributed by atoms with Gasteiger partial charge in [0.15, 0.2) is 0 Å². The van der Waals surface area contributed by atoms with Crippen LogP contribution in [0.5, 0.6) is 0 Å². The van der Waals surface area contributed by atoms with E-state index in [0.717, 1.165) is 4.90 Å². The molecule has 5 nitrogen and oxygen atoms in total. The van der Waals surface area contributed by atoms with Crippen LogP contribution in [0.3, 0.4) is 0 Å². The largest absolute Gasteiger partial charge is 0.398 e. The lowest BCUT2D eigenvalue weighted by Crippen LogP contribution is -2.07. The molecular weight excluding hydrogens is 198 g/mol. The number of anilines is 1. The van der Waals surface area contributed by atoms with Gasteiger partial charge in [0, 0.05) is 10.6 Å². The zero-order valence-corrected chi connectivity index (χ0v) is 8.11. The van der Waals surface area contributed by atoms with Crippen molar-refractivity contribution in [2.45, 2.75) is 10.1 Å². The minimum Gasteiger partial charge on any atom is -0.398 e. The van der Waals surface area contributed by atoms with E-state index in [2.05, 4.69) is 10.2 Å². The molecule has 1 heterocycles. The molecule has 72 valence electrons. The van der Waals surface area contributed by atoms with Gasteiger partial charge >= 0.3 is 0 Å². The number of hydrogen-bond donors (Lipinski definition) is 2. The minimum absolute atomic E-state index is 0.614. The van der Waals surface area contributed by atoms with Crippen LogP contribution in [-0.4, -0.2) is 14.9 Å². The lowest BCUT2D eigenvalue weighted by molar-refractivity contribution is 0.846. The number of nitrogen functional groups attached to an aromatic ring is 2. The van der Waals surface area contributed by atoms with Crippen molar-refractivity contribution in [3.05, 3.63) is 30.6 Å². The molecule has 0 aliphatic rings. The molecule has 0 spiro atoms. The van der Waals surface area contributed by atoms with Gasteiger partial charge in [0.05, 0.1) is 0 Å². The standard InChI is InChI=1S/C8H9N5S/c9-6-3-1-2-4-7(6)14-8-12-11-5-13(8)10/h1-5H,9-10H2. The van der Waals surface area contributed by atoms with Crippen LogP contribution in [0.2, 0.25) is 0 Å². The van der Waals surface area contributed by atoms with Crippen LogP contribution in [0.4, 0.5) is 5.69 Å². The Morgan fingerprint density at radius 1 is 1.29 bits per heavy atom. The summed E-state index contributed by atoms with van der Waals surface area (Å²) >= 11 is 1.39. The Hall–Kier alpha value is -1.69. The maximum Gasteiger partial charge on any atom is 0.214 e. The predicted molar refractivity (Wildman–Crippen MR) is 55.1 cm³/mol. The number of nitrogens with two attached hydrogens (primary N) is 2. The van der Waals surface area contributed by atoms with Gasteiger partial charge in [-0.05, 0) is 23.9 Å². The summed E-state index contributed by atoms with van der Waals surface area (Å²) in [5.74, 6) is 5.57. The maximum atomic E-state index is 5.77. The van der Waals surface area contributed by atoms with Gasteiger partial charge in [0.2, 0.25) is 5.16 Å². The third-order valence-corrected chi connectivity index (χ3v) is 2.73. The van der Waals surface area contributed by atoms with E-state index in [4.69, 9.17) is 11.6 Å². The molecule has 2 aromatic rings. The molecule has 0 saturated heterocycles. The lowest BCUT2D eigenvalue weighted by atomic mass is 10.3. The highest BCUT2D eigenvalue weighted by Crippen LogP contribution is 2.29. The van der Waals surface area contributed by atoms with Crippen molar-refractivity contribution in [1.29, 1.82) is 0 Å². The third-order valence-electron chi connectivity index (χ3n) is 1.66. The Balaban J connectivity index is 2.28. The number of benzene rings is 1. The first kappa shape index (κ1) is 8.89. The molecule has 14 heavy (non-hydrogen) atoms. The fourth-order valence-corrected chi connectivity index (χ4v) is 1.75. The zero-order valence-electron chi connectivity index (χ0n) is 7.29. The number of hydrogen-bond acceptors (Lipinski definition) is 5. The molecule has 0 unspecified atom stereocenters. The van der Waals surface area contributed by atoms with Crippen LogP contribution in [0, 0.1) is 0 Å². The second-order valence-corrected chi connectivity index (χ2v) is 3.67. The Kier molecular flexibility index (Phi) is 2.28. The van der Waals surface area contributed by atoms with Crippen molar-refractivity contribution in [2.75, 3.05) is 11.6 Å². The van der Waals surface area contributed by atoms with Crippen LogP contribution < -0.4 is 11.6 Å². The van der Waals surface area contributed by atoms with Crippen molar-refractivity contribution >= 4 is 17.4 Å². The zero-order chi connectivity index (χ0) is 9.97. The van der Waals surface area contributed by atoms with E-state index in [9.17, 15) is 0 Å². The van der Waals surface area contributed by atoms with Crippen molar-refractivity contribution in [3.8, 4) is 0 Å². The van der Waals surface area contributed by atoms with Crippen molar-refractivity contribution < 1.29 is 0 Å². The van der Waals surface area contributed by atoms with Crippen LogP contribution in [0.1, 0.15) is 0 Å². The first-order valence-electron chi connectivity index (χ1n) is 3.95. The van der Waals surface area contributed by atoms with E-state index in [1.807, 2.05) is 24.3 Å². The summed E-state index contributed by atoms with van der Waals surface area (Å²) in [5, 5.41) is 8.14. The molecule has 1 aromatic carbocycles. The average Bonchev–Trinajstić information content (AvgIpc) is 2.56. The summed E-state index contributed by atoms with van der Waals surface area (Å²) in [6.45, 7) is 0. The molecule has 0 fully saturated rings. The molecule has 0 saturated carbocycles. The summed E-state index contributed by atoms with van der Waals surface area (Å²) < 4.78 is 1.36. The fraction of sp³-hybridized carbons (Fsp3) is 0. The minimum atomic E-state index is 0.614. The summed E-state index contributed by atoms with van der Waals surface area (Å²) in [7, 11) is 0. The second-order valence-electron chi connectivity index (χ2n) is 2.66. The number of para-hydroxylation sites is 1. The van der Waals surface area contributed by atoms with Gasteiger partial charge in [-0.25, -0.2) is 4.68 Å². The summed E-state index contributed by atoms with van der Waals surface area (Å²) in [4.78, 5) is 0.923. The van der Waals surface area contributed by atoms with Gasteiger partial charge < -0.3 is 11.6 Å². The van der Waals surface area contributed by atoms with Crippen molar-refractivity contribution in [1.82, 2.24) is 14.9 Å². The van der Waals surface area contributed by atoms with Crippen LogP contribution in [-0.2, 0) is 0 Å². The van der Waals surface area contributed by atoms with E-state index in [1.54, 1.807) is 0 Å². The highest BCUT2D eigenvalue weighted by Gasteiger charge is 2.05. The van der Waals surface area contributed by atoms with E-state index in [1.165, 1.54) is 22.8 Å². The van der Waals surface area contributed by atoms with Crippen molar-refractivity contribution in [2.24, 2.45) is 0 Å². The van der Waals surface area contributed by atoms with E-state index in [0.29, 0.717) is 10.8 Å². The maximum absolute atomic E-state index is 5.77. The number of aromatic nitrogens is 3. The first-order chi connectivity index (χ1) is 6.77. The van der Waals surface area contributed by atoms with E-state index in [-0.39, 0.29) is 0 Å². The molecule has 0 aliphatic carbocycles. The number of nitrogens with zero attached hydrogens (tertiary/aromatic N) is 3. The van der Waals surface area contributed by atoms with Gasteiger partial charge in [0.25, 0.3) is 0 Å². The Morgan fingerprint density at radius 2 is 2.07 bits per heavy atom. The molecule has 0 radical (unpaired) electrons. The molecule has 0 atom stereocenters. The third kappa shape index (κ3) is 1.64. The molecule has 0 bridgehead atoms. The first-order valence-corrected chi connectivity index (χ1v) is 4.76. The van der Waals surface area contributed by atoms with Gasteiger partial charge in [0.1, 0.15) is 6.33 Å². The molecule has 4 N–H and O–H groups in total. The monoisotopic (exact) mass is 207 g/mol. The Bertz CT molecular complexity index is 439. The Labute approximate surface area is 85.1 Å². The van der Waals surface area contributed by atoms with Gasteiger partial charge in [-0.2, -0.15) is 0 Å². The van der Waals surface area contributed by atoms with Gasteiger partial charge in [-0.3, -0.25) is 0 Å². The topological polar surface area (TPSA) is 82.8 Å². The summed E-state index contributed by atoms with van der Waals surface area (Å²) in [6.07, 6.45) is 1.45. The van der Waals surface area contributed by atoms with Crippen LogP contribution in [0.25, 0.3) is 0 Å². The Morgan fingerprint density at radius 3 is 2.71 bits per heavy atom. The van der Waals surface area contributed by atoms with Gasteiger partial charge in [-0.1, -0.05) is 12.1 Å². The van der Waals surface area contributed by atoms with E-state index < -0.39 is 0 Å². The highest BCUT2D eigenvalue weighted by molar-refractivity contribution is 7.99.